The van der Waals surface area contributed by atoms with E-state index < -0.39 is 4.92 Å². The number of nitrogens with zero attached hydrogens (tertiary/aromatic N) is 3. The highest BCUT2D eigenvalue weighted by Gasteiger charge is 2.18. The third-order valence-electron chi connectivity index (χ3n) is 2.53. The lowest BCUT2D eigenvalue weighted by molar-refractivity contribution is -0.383. The number of oxime groups is 1. The summed E-state index contributed by atoms with van der Waals surface area (Å²) in [7, 11) is 0. The number of phenolic OH excluding ortho intramolecular Hbond substituents is 1. The summed E-state index contributed by atoms with van der Waals surface area (Å²) in [5.41, 5.74) is 0.148. The first-order valence-corrected chi connectivity index (χ1v) is 5.66. The van der Waals surface area contributed by atoms with Gasteiger partial charge in [0.1, 0.15) is 12.1 Å². The quantitative estimate of drug-likeness (QED) is 0.296. The van der Waals surface area contributed by atoms with E-state index >= 15 is 0 Å². The molecule has 0 atom stereocenters. The topological polar surface area (TPSA) is 97.9 Å². The minimum absolute atomic E-state index is 0.145. The maximum atomic E-state index is 11.1. The molecule has 0 aliphatic heterocycles. The summed E-state index contributed by atoms with van der Waals surface area (Å²) < 4.78 is 0. The predicted molar refractivity (Wildman–Crippen MR) is 73.8 cm³/mol. The number of aromatic nitrogens is 1. The van der Waals surface area contributed by atoms with E-state index in [0.717, 1.165) is 0 Å². The first-order valence-electron chi connectivity index (χ1n) is 5.66. The van der Waals surface area contributed by atoms with Gasteiger partial charge in [-0.05, 0) is 12.1 Å². The van der Waals surface area contributed by atoms with Crippen LogP contribution < -0.4 is 0 Å². The van der Waals surface area contributed by atoms with Crippen molar-refractivity contribution < 1.29 is 14.9 Å². The van der Waals surface area contributed by atoms with Crippen molar-refractivity contribution >= 4 is 22.8 Å². The van der Waals surface area contributed by atoms with Crippen LogP contribution in [0.25, 0.3) is 10.9 Å². The number of hydrogen-bond donors (Lipinski definition) is 1. The molecule has 0 saturated heterocycles. The van der Waals surface area contributed by atoms with Gasteiger partial charge in [-0.1, -0.05) is 17.8 Å². The molecule has 0 amide bonds. The van der Waals surface area contributed by atoms with Crippen LogP contribution in [0.3, 0.4) is 0 Å². The van der Waals surface area contributed by atoms with Gasteiger partial charge in [0.25, 0.3) is 5.69 Å². The summed E-state index contributed by atoms with van der Waals surface area (Å²) in [5, 5.41) is 25.0. The number of hydrogen-bond acceptors (Lipinski definition) is 6. The van der Waals surface area contributed by atoms with Gasteiger partial charge in [-0.2, -0.15) is 0 Å². The van der Waals surface area contributed by atoms with Crippen molar-refractivity contribution in [3.05, 3.63) is 52.7 Å². The highest BCUT2D eigenvalue weighted by Crippen LogP contribution is 2.33. The number of aromatic hydroxyl groups is 1. The molecule has 0 aliphatic rings. The summed E-state index contributed by atoms with van der Waals surface area (Å²) in [6.07, 6.45) is 4.14. The van der Waals surface area contributed by atoms with Crippen LogP contribution in [0.1, 0.15) is 5.56 Å². The smallest absolute Gasteiger partial charge is 0.279 e. The Bertz CT molecular complexity index is 697. The number of nitro benzene ring substituents is 1. The third kappa shape index (κ3) is 2.56. The Labute approximate surface area is 114 Å². The van der Waals surface area contributed by atoms with Gasteiger partial charge in [0.15, 0.2) is 5.75 Å². The van der Waals surface area contributed by atoms with Gasteiger partial charge in [-0.15, -0.1) is 0 Å². The SMILES string of the molecule is C=CCON=Cc1cc([N+](=O)[O-])c2cccnc2c1O. The zero-order valence-electron chi connectivity index (χ0n) is 10.4. The van der Waals surface area contributed by atoms with Crippen LogP contribution in [0.2, 0.25) is 0 Å². The normalized spacial score (nSPS) is 10.8. The van der Waals surface area contributed by atoms with Crippen molar-refractivity contribution in [2.45, 2.75) is 0 Å². The molecular weight excluding hydrogens is 262 g/mol. The lowest BCUT2D eigenvalue weighted by Crippen LogP contribution is -1.95. The summed E-state index contributed by atoms with van der Waals surface area (Å²) in [6, 6.07) is 4.31. The average Bonchev–Trinajstić information content (AvgIpc) is 2.45. The van der Waals surface area contributed by atoms with Crippen LogP contribution in [-0.2, 0) is 4.84 Å². The van der Waals surface area contributed by atoms with Crippen LogP contribution >= 0.6 is 0 Å². The molecule has 1 heterocycles. The van der Waals surface area contributed by atoms with Crippen molar-refractivity contribution in [1.29, 1.82) is 0 Å². The highest BCUT2D eigenvalue weighted by molar-refractivity contribution is 5.99. The van der Waals surface area contributed by atoms with Crippen molar-refractivity contribution in [2.75, 3.05) is 6.61 Å². The van der Waals surface area contributed by atoms with E-state index in [9.17, 15) is 15.2 Å². The Morgan fingerprint density at radius 2 is 2.40 bits per heavy atom. The maximum Gasteiger partial charge on any atom is 0.279 e. The van der Waals surface area contributed by atoms with E-state index in [-0.39, 0.29) is 34.5 Å². The van der Waals surface area contributed by atoms with Gasteiger partial charge in [-0.25, -0.2) is 0 Å². The second-order valence-electron chi connectivity index (χ2n) is 3.81. The lowest BCUT2D eigenvalue weighted by atomic mass is 10.1. The molecule has 7 nitrogen and oxygen atoms in total. The van der Waals surface area contributed by atoms with Crippen LogP contribution in [0.4, 0.5) is 5.69 Å². The molecular formula is C13H11N3O4. The number of non-ortho nitro benzene ring substituents is 1. The van der Waals surface area contributed by atoms with Gasteiger partial charge in [0, 0.05) is 17.8 Å². The molecule has 2 aromatic rings. The molecule has 7 heteroatoms. The molecule has 0 saturated carbocycles. The Hall–Kier alpha value is -2.96. The van der Waals surface area contributed by atoms with E-state index in [1.807, 2.05) is 0 Å². The molecule has 0 spiro atoms. The van der Waals surface area contributed by atoms with Crippen molar-refractivity contribution in [1.82, 2.24) is 4.98 Å². The molecule has 2 rings (SSSR count). The van der Waals surface area contributed by atoms with Crippen molar-refractivity contribution in [3.63, 3.8) is 0 Å². The Morgan fingerprint density at radius 1 is 1.60 bits per heavy atom. The minimum Gasteiger partial charge on any atom is -0.505 e. The Balaban J connectivity index is 2.55. The zero-order valence-corrected chi connectivity index (χ0v) is 10.4. The second-order valence-corrected chi connectivity index (χ2v) is 3.81. The fraction of sp³-hybridized carbons (Fsp3) is 0.0769. The molecule has 0 bridgehead atoms. The number of rotatable bonds is 5. The summed E-state index contributed by atoms with van der Waals surface area (Å²) in [4.78, 5) is 19.3. The number of phenols is 1. The first-order chi connectivity index (χ1) is 9.65. The molecule has 1 aromatic heterocycles. The minimum atomic E-state index is -0.536. The van der Waals surface area contributed by atoms with Crippen LogP contribution in [0.15, 0.2) is 42.2 Å². The standard InChI is InChI=1S/C13H11N3O4/c1-2-6-20-15-8-9-7-11(16(18)19)10-4-3-5-14-12(10)13(9)17/h2-5,7-8,17H,1,6H2. The number of nitro groups is 1. The first kappa shape index (κ1) is 13.5. The van der Waals surface area contributed by atoms with E-state index in [2.05, 4.69) is 16.7 Å². The lowest BCUT2D eigenvalue weighted by Gasteiger charge is -2.04. The van der Waals surface area contributed by atoms with Crippen LogP contribution in [0, 0.1) is 10.1 Å². The van der Waals surface area contributed by atoms with Gasteiger partial charge in [0.05, 0.1) is 16.5 Å². The number of pyridine rings is 1. The van der Waals surface area contributed by atoms with Gasteiger partial charge in [-0.3, -0.25) is 15.1 Å². The molecule has 1 N–H and O–H groups in total. The molecule has 20 heavy (non-hydrogen) atoms. The molecule has 0 fully saturated rings. The van der Waals surface area contributed by atoms with Crippen molar-refractivity contribution in [3.8, 4) is 5.75 Å². The Kier molecular flexibility index (Phi) is 3.90. The van der Waals surface area contributed by atoms with E-state index in [0.29, 0.717) is 0 Å². The molecule has 1 aromatic carbocycles. The van der Waals surface area contributed by atoms with Crippen LogP contribution in [0.5, 0.6) is 5.75 Å². The monoisotopic (exact) mass is 273 g/mol. The summed E-state index contributed by atoms with van der Waals surface area (Å²) in [5.74, 6) is -0.183. The van der Waals surface area contributed by atoms with Crippen molar-refractivity contribution in [2.24, 2.45) is 5.16 Å². The molecule has 0 aliphatic carbocycles. The third-order valence-corrected chi connectivity index (χ3v) is 2.53. The maximum absolute atomic E-state index is 11.1. The summed E-state index contributed by atoms with van der Waals surface area (Å²) >= 11 is 0. The van der Waals surface area contributed by atoms with Gasteiger partial charge in [0.2, 0.25) is 0 Å². The second kappa shape index (κ2) is 5.79. The fourth-order valence-corrected chi connectivity index (χ4v) is 1.67. The largest absolute Gasteiger partial charge is 0.505 e. The highest BCUT2D eigenvalue weighted by atomic mass is 16.6. The van der Waals surface area contributed by atoms with E-state index in [4.69, 9.17) is 4.84 Å². The van der Waals surface area contributed by atoms with Gasteiger partial charge < -0.3 is 9.94 Å². The van der Waals surface area contributed by atoms with Gasteiger partial charge >= 0.3 is 0 Å². The molecule has 0 unspecified atom stereocenters. The number of benzene rings is 1. The van der Waals surface area contributed by atoms with Crippen LogP contribution in [-0.4, -0.2) is 27.8 Å². The number of fused-ring (bicyclic) bond motifs is 1. The van der Waals surface area contributed by atoms with E-state index in [1.165, 1.54) is 30.6 Å². The van der Waals surface area contributed by atoms with E-state index in [1.54, 1.807) is 6.07 Å². The molecule has 102 valence electrons. The predicted octanol–water partition coefficient (Wildman–Crippen LogP) is 2.39. The summed E-state index contributed by atoms with van der Waals surface area (Å²) in [6.45, 7) is 3.65. The average molecular weight is 273 g/mol. The zero-order chi connectivity index (χ0) is 14.5. The fourth-order valence-electron chi connectivity index (χ4n) is 1.67. The molecule has 0 radical (unpaired) electrons. The Morgan fingerprint density at radius 3 is 3.10 bits per heavy atom.